The lowest BCUT2D eigenvalue weighted by atomic mass is 10.0. The van der Waals surface area contributed by atoms with Crippen LogP contribution >= 0.6 is 0 Å². The number of benzene rings is 3. The van der Waals surface area contributed by atoms with E-state index >= 15 is 0 Å². The van der Waals surface area contributed by atoms with E-state index < -0.39 is 15.8 Å². The molecule has 6 nitrogen and oxygen atoms in total. The number of amides is 1. The van der Waals surface area contributed by atoms with E-state index in [2.05, 4.69) is 0 Å². The minimum atomic E-state index is -3.83. The molecule has 0 unspecified atom stereocenters. The Morgan fingerprint density at radius 1 is 1.03 bits per heavy atom. The van der Waals surface area contributed by atoms with Crippen molar-refractivity contribution in [2.45, 2.75) is 17.7 Å². The average Bonchev–Trinajstić information content (AvgIpc) is 2.82. The number of para-hydroxylation sites is 1. The zero-order chi connectivity index (χ0) is 22.7. The molecule has 0 fully saturated rings. The van der Waals surface area contributed by atoms with Crippen molar-refractivity contribution >= 4 is 27.3 Å². The Morgan fingerprint density at radius 3 is 2.44 bits per heavy atom. The highest BCUT2D eigenvalue weighted by Gasteiger charge is 2.23. The fourth-order valence-corrected chi connectivity index (χ4v) is 4.87. The van der Waals surface area contributed by atoms with Crippen molar-refractivity contribution in [3.8, 4) is 5.75 Å². The van der Waals surface area contributed by atoms with Gasteiger partial charge in [-0.15, -0.1) is 0 Å². The molecule has 0 saturated carbocycles. The molecule has 0 saturated heterocycles. The lowest BCUT2D eigenvalue weighted by Gasteiger charge is -2.29. The van der Waals surface area contributed by atoms with Crippen LogP contribution in [0.25, 0.3) is 0 Å². The zero-order valence-electron chi connectivity index (χ0n) is 17.6. The second-order valence-corrected chi connectivity index (χ2v) is 9.46. The molecule has 1 amide bonds. The molecule has 1 aliphatic heterocycles. The first-order valence-corrected chi connectivity index (χ1v) is 11.7. The topological polar surface area (TPSA) is 66.9 Å². The molecular weight excluding hydrogens is 431 g/mol. The molecule has 4 rings (SSSR count). The minimum Gasteiger partial charge on any atom is -0.484 e. The van der Waals surface area contributed by atoms with Gasteiger partial charge in [0, 0.05) is 19.3 Å². The molecule has 8 heteroatoms. The van der Waals surface area contributed by atoms with Crippen molar-refractivity contribution < 1.29 is 22.3 Å². The van der Waals surface area contributed by atoms with Gasteiger partial charge in [-0.2, -0.15) is 0 Å². The second-order valence-electron chi connectivity index (χ2n) is 7.49. The van der Waals surface area contributed by atoms with Crippen LogP contribution in [0.5, 0.6) is 5.75 Å². The Hall–Kier alpha value is -3.39. The predicted molar refractivity (Wildman–Crippen MR) is 121 cm³/mol. The number of ether oxygens (including phenoxy) is 1. The van der Waals surface area contributed by atoms with Crippen LogP contribution in [-0.2, 0) is 21.2 Å². The van der Waals surface area contributed by atoms with E-state index in [0.29, 0.717) is 18.0 Å². The highest BCUT2D eigenvalue weighted by molar-refractivity contribution is 7.92. The maximum Gasteiger partial charge on any atom is 0.264 e. The number of anilines is 2. The predicted octanol–water partition coefficient (Wildman–Crippen LogP) is 4.01. The first kappa shape index (κ1) is 21.8. The second kappa shape index (κ2) is 9.00. The number of rotatable bonds is 6. The monoisotopic (exact) mass is 454 g/mol. The van der Waals surface area contributed by atoms with E-state index in [-0.39, 0.29) is 17.4 Å². The molecule has 0 spiro atoms. The van der Waals surface area contributed by atoms with Crippen molar-refractivity contribution in [3.05, 3.63) is 84.2 Å². The lowest BCUT2D eigenvalue weighted by Crippen LogP contribution is -2.38. The molecule has 0 bridgehead atoms. The van der Waals surface area contributed by atoms with Gasteiger partial charge in [0.25, 0.3) is 15.9 Å². The summed E-state index contributed by atoms with van der Waals surface area (Å²) in [7, 11) is -2.40. The Labute approximate surface area is 186 Å². The van der Waals surface area contributed by atoms with Crippen LogP contribution in [0.4, 0.5) is 15.8 Å². The zero-order valence-corrected chi connectivity index (χ0v) is 18.4. The summed E-state index contributed by atoms with van der Waals surface area (Å²) in [6.45, 7) is 0.543. The number of halogens is 1. The number of hydrogen-bond acceptors (Lipinski definition) is 4. The minimum absolute atomic E-state index is 0.00543. The number of hydrogen-bond donors (Lipinski definition) is 0. The van der Waals surface area contributed by atoms with E-state index in [9.17, 15) is 17.6 Å². The maximum atomic E-state index is 13.1. The summed E-state index contributed by atoms with van der Waals surface area (Å²) in [5, 5.41) is 0. The van der Waals surface area contributed by atoms with Crippen LogP contribution in [0.15, 0.2) is 77.7 Å². The van der Waals surface area contributed by atoms with Gasteiger partial charge in [0.15, 0.2) is 6.61 Å². The lowest BCUT2D eigenvalue weighted by molar-refractivity contribution is -0.120. The van der Waals surface area contributed by atoms with Gasteiger partial charge in [-0.3, -0.25) is 9.10 Å². The van der Waals surface area contributed by atoms with E-state index in [0.717, 1.165) is 40.5 Å². The summed E-state index contributed by atoms with van der Waals surface area (Å²) in [6, 6.07) is 18.9. The standard InChI is InChI=1S/C24H23FN2O4S/c1-26(32(29,30)22-14-8-19(25)9-15-22)20-10-12-21(13-11-20)31-17-24(28)27-16-4-6-18-5-2-3-7-23(18)27/h2-3,5,7-15H,4,6,16-17H2,1H3. The van der Waals surface area contributed by atoms with Gasteiger partial charge in [-0.25, -0.2) is 12.8 Å². The number of carbonyl (C=O) groups is 1. The van der Waals surface area contributed by atoms with Gasteiger partial charge < -0.3 is 9.64 Å². The normalized spacial score (nSPS) is 13.4. The van der Waals surface area contributed by atoms with Crippen LogP contribution in [0.1, 0.15) is 12.0 Å². The Kier molecular flexibility index (Phi) is 6.14. The third-order valence-electron chi connectivity index (χ3n) is 5.45. The molecular formula is C24H23FN2O4S. The van der Waals surface area contributed by atoms with Crippen molar-refractivity contribution in [1.29, 1.82) is 0 Å². The molecule has 0 aliphatic carbocycles. The van der Waals surface area contributed by atoms with Gasteiger partial charge >= 0.3 is 0 Å². The van der Waals surface area contributed by atoms with Crippen LogP contribution in [-0.4, -0.2) is 34.5 Å². The highest BCUT2D eigenvalue weighted by atomic mass is 32.2. The first-order chi connectivity index (χ1) is 15.4. The van der Waals surface area contributed by atoms with Gasteiger partial charge in [0.1, 0.15) is 11.6 Å². The van der Waals surface area contributed by atoms with E-state index in [1.807, 2.05) is 24.3 Å². The molecule has 0 radical (unpaired) electrons. The van der Waals surface area contributed by atoms with Crippen LogP contribution < -0.4 is 13.9 Å². The number of aryl methyl sites for hydroxylation is 1. The Balaban J connectivity index is 1.41. The van der Waals surface area contributed by atoms with Gasteiger partial charge in [0.05, 0.1) is 10.6 Å². The summed E-state index contributed by atoms with van der Waals surface area (Å²) in [4.78, 5) is 14.4. The number of sulfonamides is 1. The molecule has 32 heavy (non-hydrogen) atoms. The molecule has 1 heterocycles. The van der Waals surface area contributed by atoms with Crippen molar-refractivity contribution in [1.82, 2.24) is 0 Å². The van der Waals surface area contributed by atoms with Crippen LogP contribution in [0, 0.1) is 5.82 Å². The summed E-state index contributed by atoms with van der Waals surface area (Å²) in [6.07, 6.45) is 1.86. The summed E-state index contributed by atoms with van der Waals surface area (Å²) in [5.74, 6) is -0.173. The van der Waals surface area contributed by atoms with E-state index in [4.69, 9.17) is 4.74 Å². The third-order valence-corrected chi connectivity index (χ3v) is 7.25. The van der Waals surface area contributed by atoms with Crippen molar-refractivity contribution in [3.63, 3.8) is 0 Å². The Bertz CT molecular complexity index is 1210. The smallest absolute Gasteiger partial charge is 0.264 e. The molecule has 0 N–H and O–H groups in total. The van der Waals surface area contributed by atoms with Crippen molar-refractivity contribution in [2.75, 3.05) is 29.4 Å². The van der Waals surface area contributed by atoms with E-state index in [1.54, 1.807) is 29.2 Å². The number of fused-ring (bicyclic) bond motifs is 1. The van der Waals surface area contributed by atoms with E-state index in [1.165, 1.54) is 19.2 Å². The molecule has 3 aromatic carbocycles. The quantitative estimate of drug-likeness (QED) is 0.565. The van der Waals surface area contributed by atoms with Crippen LogP contribution in [0.2, 0.25) is 0 Å². The number of nitrogens with zero attached hydrogens (tertiary/aromatic N) is 2. The Morgan fingerprint density at radius 2 is 1.72 bits per heavy atom. The third kappa shape index (κ3) is 4.45. The van der Waals surface area contributed by atoms with Crippen molar-refractivity contribution in [2.24, 2.45) is 0 Å². The largest absolute Gasteiger partial charge is 0.484 e. The average molecular weight is 455 g/mol. The summed E-state index contributed by atoms with van der Waals surface area (Å²) in [5.41, 5.74) is 2.50. The van der Waals surface area contributed by atoms with Crippen LogP contribution in [0.3, 0.4) is 0 Å². The maximum absolute atomic E-state index is 13.1. The highest BCUT2D eigenvalue weighted by Crippen LogP contribution is 2.27. The molecule has 1 aliphatic rings. The molecule has 0 aromatic heterocycles. The summed E-state index contributed by atoms with van der Waals surface area (Å²) >= 11 is 0. The fourth-order valence-electron chi connectivity index (χ4n) is 3.67. The SMILES string of the molecule is CN(c1ccc(OCC(=O)N2CCCc3ccccc32)cc1)S(=O)(=O)c1ccc(F)cc1. The van der Waals surface area contributed by atoms with Gasteiger partial charge in [-0.1, -0.05) is 18.2 Å². The molecule has 166 valence electrons. The van der Waals surface area contributed by atoms with Gasteiger partial charge in [-0.05, 0) is 73.0 Å². The molecule has 3 aromatic rings. The number of carbonyl (C=O) groups excluding carboxylic acids is 1. The fraction of sp³-hybridized carbons (Fsp3) is 0.208. The first-order valence-electron chi connectivity index (χ1n) is 10.2. The molecule has 0 atom stereocenters. The summed E-state index contributed by atoms with van der Waals surface area (Å²) < 4.78 is 45.4. The van der Waals surface area contributed by atoms with Gasteiger partial charge in [0.2, 0.25) is 0 Å².